The largest absolute Gasteiger partial charge is 0.379 e. The average molecular weight is 347 g/mol. The van der Waals surface area contributed by atoms with E-state index in [1.807, 2.05) is 30.3 Å². The molecule has 6 heteroatoms. The van der Waals surface area contributed by atoms with Gasteiger partial charge >= 0.3 is 0 Å². The molecule has 0 atom stereocenters. The second kappa shape index (κ2) is 10.2. The van der Waals surface area contributed by atoms with Crippen LogP contribution in [0.1, 0.15) is 18.9 Å². The van der Waals surface area contributed by atoms with Crippen LogP contribution >= 0.6 is 0 Å². The molecule has 0 unspecified atom stereocenters. The van der Waals surface area contributed by atoms with E-state index < -0.39 is 0 Å². The molecule has 1 aromatic carbocycles. The summed E-state index contributed by atoms with van der Waals surface area (Å²) in [5.41, 5.74) is 1.11. The number of ether oxygens (including phenoxy) is 1. The summed E-state index contributed by atoms with van der Waals surface area (Å²) in [5, 5.41) is 0. The highest BCUT2D eigenvalue weighted by Crippen LogP contribution is 2.05. The van der Waals surface area contributed by atoms with E-state index in [-0.39, 0.29) is 11.8 Å². The Morgan fingerprint density at radius 3 is 2.44 bits per heavy atom. The summed E-state index contributed by atoms with van der Waals surface area (Å²) < 4.78 is 5.34. The lowest BCUT2D eigenvalue weighted by Gasteiger charge is -2.30. The summed E-state index contributed by atoms with van der Waals surface area (Å²) in [6, 6.07) is 9.92. The highest BCUT2D eigenvalue weighted by Gasteiger charge is 2.16. The van der Waals surface area contributed by atoms with Crippen molar-refractivity contribution in [1.29, 1.82) is 0 Å². The predicted octanol–water partition coefficient (Wildman–Crippen LogP) is 1.22. The maximum atomic E-state index is 12.3. The summed E-state index contributed by atoms with van der Waals surface area (Å²) in [4.78, 5) is 30.0. The monoisotopic (exact) mass is 347 g/mol. The van der Waals surface area contributed by atoms with Gasteiger partial charge in [-0.25, -0.2) is 0 Å². The third-order valence-corrected chi connectivity index (χ3v) is 4.52. The third-order valence-electron chi connectivity index (χ3n) is 4.52. The molecular weight excluding hydrogens is 318 g/mol. The van der Waals surface area contributed by atoms with E-state index in [4.69, 9.17) is 4.74 Å². The molecule has 1 heterocycles. The molecule has 1 aliphatic rings. The van der Waals surface area contributed by atoms with Gasteiger partial charge in [0.15, 0.2) is 0 Å². The SMILES string of the molecule is CC(=O)N(CCC(=O)N(C)Cc1ccccc1)CCN1CCOCC1. The van der Waals surface area contributed by atoms with E-state index in [2.05, 4.69) is 4.90 Å². The Kier molecular flexibility index (Phi) is 7.88. The first-order chi connectivity index (χ1) is 12.1. The summed E-state index contributed by atoms with van der Waals surface area (Å²) in [6.45, 7) is 7.44. The quantitative estimate of drug-likeness (QED) is 0.709. The van der Waals surface area contributed by atoms with E-state index in [1.165, 1.54) is 0 Å². The molecule has 1 saturated heterocycles. The van der Waals surface area contributed by atoms with Crippen LogP contribution in [-0.2, 0) is 20.9 Å². The minimum absolute atomic E-state index is 0.0202. The number of carbonyl (C=O) groups is 2. The van der Waals surface area contributed by atoms with Gasteiger partial charge in [-0.1, -0.05) is 30.3 Å². The zero-order valence-electron chi connectivity index (χ0n) is 15.3. The van der Waals surface area contributed by atoms with E-state index in [0.29, 0.717) is 26.1 Å². The third kappa shape index (κ3) is 6.84. The fourth-order valence-electron chi connectivity index (χ4n) is 2.88. The minimum atomic E-state index is 0.0202. The number of hydrogen-bond donors (Lipinski definition) is 0. The Morgan fingerprint density at radius 2 is 1.80 bits per heavy atom. The van der Waals surface area contributed by atoms with E-state index in [9.17, 15) is 9.59 Å². The van der Waals surface area contributed by atoms with Crippen molar-refractivity contribution < 1.29 is 14.3 Å². The van der Waals surface area contributed by atoms with Gasteiger partial charge < -0.3 is 14.5 Å². The molecule has 1 aromatic rings. The van der Waals surface area contributed by atoms with E-state index in [1.54, 1.807) is 23.8 Å². The molecule has 1 fully saturated rings. The van der Waals surface area contributed by atoms with Crippen LogP contribution in [0.3, 0.4) is 0 Å². The molecule has 0 aliphatic carbocycles. The smallest absolute Gasteiger partial charge is 0.224 e. The van der Waals surface area contributed by atoms with Crippen LogP contribution < -0.4 is 0 Å². The van der Waals surface area contributed by atoms with Crippen molar-refractivity contribution in [2.45, 2.75) is 19.9 Å². The second-order valence-electron chi connectivity index (χ2n) is 6.45. The molecule has 0 bridgehead atoms. The lowest BCUT2D eigenvalue weighted by molar-refractivity contribution is -0.133. The highest BCUT2D eigenvalue weighted by molar-refractivity contribution is 5.78. The predicted molar refractivity (Wildman–Crippen MR) is 97.0 cm³/mol. The second-order valence-corrected chi connectivity index (χ2v) is 6.45. The number of amides is 2. The van der Waals surface area contributed by atoms with Gasteiger partial charge in [0, 0.05) is 59.7 Å². The maximum Gasteiger partial charge on any atom is 0.224 e. The fourth-order valence-corrected chi connectivity index (χ4v) is 2.88. The topological polar surface area (TPSA) is 53.1 Å². The zero-order chi connectivity index (χ0) is 18.1. The van der Waals surface area contributed by atoms with Gasteiger partial charge in [0.1, 0.15) is 0 Å². The van der Waals surface area contributed by atoms with Gasteiger partial charge in [-0.3, -0.25) is 14.5 Å². The molecule has 0 spiro atoms. The zero-order valence-corrected chi connectivity index (χ0v) is 15.3. The molecule has 0 aromatic heterocycles. The Morgan fingerprint density at radius 1 is 1.12 bits per heavy atom. The molecule has 2 amide bonds. The van der Waals surface area contributed by atoms with Crippen molar-refractivity contribution in [3.05, 3.63) is 35.9 Å². The molecule has 2 rings (SSSR count). The summed E-state index contributed by atoms with van der Waals surface area (Å²) >= 11 is 0. The number of hydrogen-bond acceptors (Lipinski definition) is 4. The first-order valence-corrected chi connectivity index (χ1v) is 8.90. The minimum Gasteiger partial charge on any atom is -0.379 e. The first-order valence-electron chi connectivity index (χ1n) is 8.90. The number of rotatable bonds is 8. The molecular formula is C19H29N3O3. The summed E-state index contributed by atoms with van der Waals surface area (Å²) in [5.74, 6) is 0.0771. The normalized spacial score (nSPS) is 15.0. The number of carbonyl (C=O) groups excluding carboxylic acids is 2. The first kappa shape index (κ1) is 19.4. The summed E-state index contributed by atoms with van der Waals surface area (Å²) in [6.07, 6.45) is 0.353. The van der Waals surface area contributed by atoms with Crippen molar-refractivity contribution in [1.82, 2.24) is 14.7 Å². The van der Waals surface area contributed by atoms with Crippen molar-refractivity contribution in [3.63, 3.8) is 0 Å². The van der Waals surface area contributed by atoms with Gasteiger partial charge in [-0.05, 0) is 5.56 Å². The van der Waals surface area contributed by atoms with Crippen molar-refractivity contribution in [2.75, 3.05) is 53.0 Å². The van der Waals surface area contributed by atoms with Gasteiger partial charge in [-0.15, -0.1) is 0 Å². The molecule has 0 N–H and O–H groups in total. The molecule has 25 heavy (non-hydrogen) atoms. The van der Waals surface area contributed by atoms with Crippen LogP contribution in [0, 0.1) is 0 Å². The Labute approximate surface area is 150 Å². The molecule has 1 aliphatic heterocycles. The van der Waals surface area contributed by atoms with E-state index >= 15 is 0 Å². The number of benzene rings is 1. The fraction of sp³-hybridized carbons (Fsp3) is 0.579. The van der Waals surface area contributed by atoms with Crippen LogP contribution in [0.4, 0.5) is 0 Å². The Hall–Kier alpha value is -1.92. The van der Waals surface area contributed by atoms with Crippen molar-refractivity contribution >= 4 is 11.8 Å². The molecule has 0 radical (unpaired) electrons. The number of nitrogens with zero attached hydrogens (tertiary/aromatic N) is 3. The Balaban J connectivity index is 1.75. The van der Waals surface area contributed by atoms with Crippen LogP contribution in [0.2, 0.25) is 0 Å². The van der Waals surface area contributed by atoms with Crippen LogP contribution in [0.25, 0.3) is 0 Å². The lowest BCUT2D eigenvalue weighted by Crippen LogP contribution is -2.43. The summed E-state index contributed by atoms with van der Waals surface area (Å²) in [7, 11) is 1.81. The van der Waals surface area contributed by atoms with Gasteiger partial charge in [0.05, 0.1) is 13.2 Å². The molecule has 0 saturated carbocycles. The number of morpholine rings is 1. The molecule has 138 valence electrons. The van der Waals surface area contributed by atoms with Gasteiger partial charge in [0.25, 0.3) is 0 Å². The Bertz CT molecular complexity index is 544. The van der Waals surface area contributed by atoms with Crippen LogP contribution in [0.5, 0.6) is 0 Å². The van der Waals surface area contributed by atoms with E-state index in [0.717, 1.165) is 38.4 Å². The standard InChI is InChI=1S/C19H29N3O3/c1-17(23)22(11-10-21-12-14-25-15-13-21)9-8-19(24)20(2)16-18-6-4-3-5-7-18/h3-7H,8-16H2,1-2H3. The highest BCUT2D eigenvalue weighted by atomic mass is 16.5. The maximum absolute atomic E-state index is 12.3. The van der Waals surface area contributed by atoms with Crippen LogP contribution in [-0.4, -0.2) is 79.5 Å². The van der Waals surface area contributed by atoms with Crippen molar-refractivity contribution in [3.8, 4) is 0 Å². The van der Waals surface area contributed by atoms with Gasteiger partial charge in [0.2, 0.25) is 11.8 Å². The average Bonchev–Trinajstić information content (AvgIpc) is 2.62. The van der Waals surface area contributed by atoms with Gasteiger partial charge in [-0.2, -0.15) is 0 Å². The molecule has 6 nitrogen and oxygen atoms in total. The van der Waals surface area contributed by atoms with Crippen LogP contribution in [0.15, 0.2) is 30.3 Å². The lowest BCUT2D eigenvalue weighted by atomic mass is 10.2. The van der Waals surface area contributed by atoms with Crippen molar-refractivity contribution in [2.24, 2.45) is 0 Å².